The highest BCUT2D eigenvalue weighted by molar-refractivity contribution is 7.92. The number of hydrogen-bond donors (Lipinski definition) is 0. The number of thiazole rings is 1. The minimum atomic E-state index is -3.43. The maximum Gasteiger partial charge on any atom is 0.185 e. The first-order chi connectivity index (χ1) is 13.4. The average molecular weight is 453 g/mol. The molecule has 0 bridgehead atoms. The van der Waals surface area contributed by atoms with Crippen molar-refractivity contribution in [2.75, 3.05) is 18.0 Å². The maximum absolute atomic E-state index is 12.9. The summed E-state index contributed by atoms with van der Waals surface area (Å²) in [6.45, 7) is 1.32. The van der Waals surface area contributed by atoms with Gasteiger partial charge in [0.1, 0.15) is 0 Å². The molecule has 0 spiro atoms. The lowest BCUT2D eigenvalue weighted by atomic mass is 10.1. The van der Waals surface area contributed by atoms with Crippen LogP contribution >= 0.6 is 34.5 Å². The van der Waals surface area contributed by atoms with Gasteiger partial charge in [-0.05, 0) is 31.0 Å². The fourth-order valence-electron chi connectivity index (χ4n) is 3.35. The smallest absolute Gasteiger partial charge is 0.185 e. The predicted molar refractivity (Wildman–Crippen MR) is 116 cm³/mol. The van der Waals surface area contributed by atoms with Crippen LogP contribution in [0.15, 0.2) is 58.8 Å². The minimum Gasteiger partial charge on any atom is -0.348 e. The van der Waals surface area contributed by atoms with Gasteiger partial charge in [-0.25, -0.2) is 13.4 Å². The van der Waals surface area contributed by atoms with E-state index >= 15 is 0 Å². The van der Waals surface area contributed by atoms with E-state index in [4.69, 9.17) is 28.2 Å². The maximum atomic E-state index is 12.9. The SMILES string of the molecule is O=S(=O)(c1ccc(Cl)c(Cl)c1)C1CCN(c2nc(-c3ccccc3)cs2)CC1. The summed E-state index contributed by atoms with van der Waals surface area (Å²) in [6, 6.07) is 14.6. The Morgan fingerprint density at radius 1 is 1.00 bits per heavy atom. The number of halogens is 2. The molecule has 2 heterocycles. The van der Waals surface area contributed by atoms with Crippen LogP contribution in [0.2, 0.25) is 10.0 Å². The molecule has 4 rings (SSSR count). The van der Waals surface area contributed by atoms with Crippen LogP contribution in [0, 0.1) is 0 Å². The lowest BCUT2D eigenvalue weighted by molar-refractivity contribution is 0.529. The van der Waals surface area contributed by atoms with E-state index < -0.39 is 15.1 Å². The summed E-state index contributed by atoms with van der Waals surface area (Å²) in [4.78, 5) is 7.14. The molecule has 0 aliphatic carbocycles. The van der Waals surface area contributed by atoms with Crippen LogP contribution in [-0.2, 0) is 9.84 Å². The normalized spacial score (nSPS) is 15.7. The Balaban J connectivity index is 1.46. The van der Waals surface area contributed by atoms with Crippen LogP contribution < -0.4 is 4.90 Å². The number of rotatable bonds is 4. The van der Waals surface area contributed by atoms with Crippen LogP contribution in [0.5, 0.6) is 0 Å². The fraction of sp³-hybridized carbons (Fsp3) is 0.250. The topological polar surface area (TPSA) is 50.3 Å². The van der Waals surface area contributed by atoms with Crippen molar-refractivity contribution < 1.29 is 8.42 Å². The highest BCUT2D eigenvalue weighted by atomic mass is 35.5. The number of piperidine rings is 1. The lowest BCUT2D eigenvalue weighted by Gasteiger charge is -2.31. The van der Waals surface area contributed by atoms with Crippen LogP contribution in [-0.4, -0.2) is 31.7 Å². The Morgan fingerprint density at radius 3 is 2.39 bits per heavy atom. The molecule has 1 aromatic heterocycles. The quantitative estimate of drug-likeness (QED) is 0.519. The summed E-state index contributed by atoms with van der Waals surface area (Å²) >= 11 is 13.5. The second-order valence-corrected chi connectivity index (χ2v) is 10.6. The average Bonchev–Trinajstić information content (AvgIpc) is 3.21. The zero-order valence-corrected chi connectivity index (χ0v) is 18.0. The first-order valence-corrected chi connectivity index (χ1v) is 12.1. The summed E-state index contributed by atoms with van der Waals surface area (Å²) in [7, 11) is -3.43. The zero-order valence-electron chi connectivity index (χ0n) is 14.9. The summed E-state index contributed by atoms with van der Waals surface area (Å²) in [5, 5.41) is 3.17. The van der Waals surface area contributed by atoms with Gasteiger partial charge in [0.15, 0.2) is 15.0 Å². The molecule has 0 unspecified atom stereocenters. The summed E-state index contributed by atoms with van der Waals surface area (Å²) in [5.74, 6) is 0. The Morgan fingerprint density at radius 2 is 1.71 bits per heavy atom. The Bertz CT molecular complexity index is 1080. The molecule has 4 nitrogen and oxygen atoms in total. The molecule has 1 aliphatic heterocycles. The van der Waals surface area contributed by atoms with E-state index in [1.54, 1.807) is 11.3 Å². The van der Waals surface area contributed by atoms with E-state index in [9.17, 15) is 8.42 Å². The molecule has 0 radical (unpaired) electrons. The third-order valence-corrected chi connectivity index (χ3v) is 8.83. The highest BCUT2D eigenvalue weighted by Crippen LogP contribution is 2.33. The largest absolute Gasteiger partial charge is 0.348 e. The second kappa shape index (κ2) is 8.03. The fourth-order valence-corrected chi connectivity index (χ4v) is 6.36. The number of hydrogen-bond acceptors (Lipinski definition) is 5. The Kier molecular flexibility index (Phi) is 5.65. The molecule has 1 saturated heterocycles. The van der Waals surface area contributed by atoms with Gasteiger partial charge in [0, 0.05) is 24.0 Å². The molecule has 0 saturated carbocycles. The van der Waals surface area contributed by atoms with Gasteiger partial charge in [0.05, 0.1) is 25.9 Å². The van der Waals surface area contributed by atoms with Gasteiger partial charge in [0.2, 0.25) is 0 Å². The number of anilines is 1. The number of benzene rings is 2. The number of nitrogens with zero attached hydrogens (tertiary/aromatic N) is 2. The van der Waals surface area contributed by atoms with Gasteiger partial charge in [-0.3, -0.25) is 0 Å². The van der Waals surface area contributed by atoms with Crippen molar-refractivity contribution in [2.45, 2.75) is 23.0 Å². The summed E-state index contributed by atoms with van der Waals surface area (Å²) in [6.07, 6.45) is 1.12. The van der Waals surface area contributed by atoms with Crippen molar-refractivity contribution in [2.24, 2.45) is 0 Å². The zero-order chi connectivity index (χ0) is 19.7. The van der Waals surface area contributed by atoms with Gasteiger partial charge >= 0.3 is 0 Å². The molecule has 0 atom stereocenters. The predicted octanol–water partition coefficient (Wildman–Crippen LogP) is 5.56. The van der Waals surface area contributed by atoms with Crippen molar-refractivity contribution in [3.8, 4) is 11.3 Å². The third kappa shape index (κ3) is 3.92. The van der Waals surface area contributed by atoms with Crippen molar-refractivity contribution in [3.63, 3.8) is 0 Å². The van der Waals surface area contributed by atoms with E-state index in [1.165, 1.54) is 18.2 Å². The van der Waals surface area contributed by atoms with Gasteiger partial charge in [-0.1, -0.05) is 53.5 Å². The first-order valence-electron chi connectivity index (χ1n) is 8.90. The van der Waals surface area contributed by atoms with Crippen LogP contribution in [0.1, 0.15) is 12.8 Å². The molecule has 2 aromatic carbocycles. The van der Waals surface area contributed by atoms with E-state index in [0.717, 1.165) is 16.4 Å². The third-order valence-electron chi connectivity index (χ3n) is 4.93. The highest BCUT2D eigenvalue weighted by Gasteiger charge is 2.32. The molecule has 0 N–H and O–H groups in total. The van der Waals surface area contributed by atoms with Gasteiger partial charge in [-0.15, -0.1) is 11.3 Å². The van der Waals surface area contributed by atoms with Gasteiger partial charge in [0.25, 0.3) is 0 Å². The van der Waals surface area contributed by atoms with Gasteiger partial charge < -0.3 is 4.90 Å². The van der Waals surface area contributed by atoms with Crippen molar-refractivity contribution in [1.29, 1.82) is 0 Å². The van der Waals surface area contributed by atoms with Crippen LogP contribution in [0.3, 0.4) is 0 Å². The van der Waals surface area contributed by atoms with E-state index in [0.29, 0.717) is 31.0 Å². The molecule has 8 heteroatoms. The van der Waals surface area contributed by atoms with Crippen LogP contribution in [0.4, 0.5) is 5.13 Å². The molecule has 3 aromatic rings. The minimum absolute atomic E-state index is 0.237. The molecule has 146 valence electrons. The molecule has 1 fully saturated rings. The molecular weight excluding hydrogens is 435 g/mol. The summed E-state index contributed by atoms with van der Waals surface area (Å²) < 4.78 is 25.9. The Labute approximate surface area is 178 Å². The van der Waals surface area contributed by atoms with Crippen molar-refractivity contribution in [3.05, 3.63) is 64.0 Å². The van der Waals surface area contributed by atoms with E-state index in [2.05, 4.69) is 4.90 Å². The molecule has 28 heavy (non-hydrogen) atoms. The van der Waals surface area contributed by atoms with Crippen molar-refractivity contribution >= 4 is 49.5 Å². The van der Waals surface area contributed by atoms with E-state index in [-0.39, 0.29) is 9.92 Å². The monoisotopic (exact) mass is 452 g/mol. The van der Waals surface area contributed by atoms with Crippen LogP contribution in [0.25, 0.3) is 11.3 Å². The van der Waals surface area contributed by atoms with Gasteiger partial charge in [-0.2, -0.15) is 0 Å². The second-order valence-electron chi connectivity index (χ2n) is 6.69. The number of aromatic nitrogens is 1. The summed E-state index contributed by atoms with van der Waals surface area (Å²) in [5.41, 5.74) is 2.04. The first kappa shape index (κ1) is 19.7. The van der Waals surface area contributed by atoms with Crippen molar-refractivity contribution in [1.82, 2.24) is 4.98 Å². The lowest BCUT2D eigenvalue weighted by Crippen LogP contribution is -2.39. The molecular formula is C20H18Cl2N2O2S2. The van der Waals surface area contributed by atoms with E-state index in [1.807, 2.05) is 35.7 Å². The standard InChI is InChI=1S/C20H18Cl2N2O2S2/c21-17-7-6-16(12-18(17)22)28(25,26)15-8-10-24(11-9-15)20-23-19(13-27-20)14-4-2-1-3-5-14/h1-7,12-13,15H,8-11H2. The number of sulfone groups is 1. The molecule has 0 amide bonds. The Hall–Kier alpha value is -1.60. The molecule has 1 aliphatic rings.